The average Bonchev–Trinajstić information content (AvgIpc) is 2.90. The molecule has 3 rings (SSSR count). The molecule has 0 bridgehead atoms. The summed E-state index contributed by atoms with van der Waals surface area (Å²) in [5.74, 6) is 0.723. The number of aliphatic hydroxyl groups is 1. The van der Waals surface area contributed by atoms with E-state index in [1.165, 1.54) is 11.1 Å². The Morgan fingerprint density at radius 2 is 2.00 bits per heavy atom. The summed E-state index contributed by atoms with van der Waals surface area (Å²) in [5.41, 5.74) is 0. The Bertz CT molecular complexity index is 638. The van der Waals surface area contributed by atoms with Crippen LogP contribution in [0.15, 0.2) is 6.20 Å². The van der Waals surface area contributed by atoms with Crippen molar-refractivity contribution in [3.05, 3.63) is 23.7 Å². The Morgan fingerprint density at radius 1 is 1.24 bits per heavy atom. The summed E-state index contributed by atoms with van der Waals surface area (Å²) in [5, 5.41) is 13.1. The lowest BCUT2D eigenvalue weighted by Gasteiger charge is -2.26. The van der Waals surface area contributed by atoms with Gasteiger partial charge in [-0.25, -0.2) is 14.4 Å². The van der Waals surface area contributed by atoms with Gasteiger partial charge in [0.05, 0.1) is 6.20 Å². The highest BCUT2D eigenvalue weighted by Gasteiger charge is 2.18. The molecule has 0 radical (unpaired) electrons. The van der Waals surface area contributed by atoms with E-state index < -0.39 is 5.82 Å². The number of hydrogen-bond acceptors (Lipinski definition) is 6. The van der Waals surface area contributed by atoms with E-state index >= 15 is 0 Å². The van der Waals surface area contributed by atoms with E-state index in [-0.39, 0.29) is 18.2 Å². The Balaban J connectivity index is 1.99. The van der Waals surface area contributed by atoms with E-state index in [4.69, 9.17) is 5.11 Å². The minimum Gasteiger partial charge on any atom is -0.388 e. The van der Waals surface area contributed by atoms with Crippen molar-refractivity contribution < 1.29 is 9.50 Å². The van der Waals surface area contributed by atoms with Crippen LogP contribution in [0, 0.1) is 12.7 Å². The number of aromatic nitrogens is 5. The molecular weight excluding hydrogens is 275 g/mol. The Labute approximate surface area is 121 Å². The van der Waals surface area contributed by atoms with Crippen molar-refractivity contribution in [2.75, 3.05) is 18.0 Å². The number of hydrogen-bond donors (Lipinski definition) is 1. The van der Waals surface area contributed by atoms with Gasteiger partial charge in [0, 0.05) is 13.1 Å². The van der Waals surface area contributed by atoms with Crippen LogP contribution in [0.4, 0.5) is 10.3 Å². The van der Waals surface area contributed by atoms with E-state index in [1.54, 1.807) is 6.92 Å². The molecule has 7 nitrogen and oxygen atoms in total. The zero-order chi connectivity index (χ0) is 14.8. The lowest BCUT2D eigenvalue weighted by molar-refractivity contribution is 0.271. The van der Waals surface area contributed by atoms with Crippen LogP contribution in [0.25, 0.3) is 5.82 Å². The smallest absolute Gasteiger partial charge is 0.227 e. The van der Waals surface area contributed by atoms with Gasteiger partial charge in [0.2, 0.25) is 5.95 Å². The molecule has 0 saturated carbocycles. The molecule has 0 spiro atoms. The van der Waals surface area contributed by atoms with Crippen molar-refractivity contribution in [1.82, 2.24) is 24.7 Å². The maximum Gasteiger partial charge on any atom is 0.227 e. The second kappa shape index (κ2) is 5.72. The van der Waals surface area contributed by atoms with Crippen LogP contribution in [0.1, 0.15) is 30.9 Å². The highest BCUT2D eigenvalue weighted by Crippen LogP contribution is 2.19. The highest BCUT2D eigenvalue weighted by atomic mass is 19.1. The molecule has 2 aromatic heterocycles. The Kier molecular flexibility index (Phi) is 3.78. The predicted molar refractivity (Wildman–Crippen MR) is 73.6 cm³/mol. The quantitative estimate of drug-likeness (QED) is 0.908. The molecule has 1 saturated heterocycles. The monoisotopic (exact) mass is 292 g/mol. The average molecular weight is 292 g/mol. The van der Waals surface area contributed by atoms with E-state index in [0.29, 0.717) is 11.8 Å². The maximum absolute atomic E-state index is 14.0. The molecule has 112 valence electrons. The first kappa shape index (κ1) is 13.9. The van der Waals surface area contributed by atoms with Crippen LogP contribution < -0.4 is 4.90 Å². The largest absolute Gasteiger partial charge is 0.388 e. The summed E-state index contributed by atoms with van der Waals surface area (Å²) in [7, 11) is 0. The van der Waals surface area contributed by atoms with Crippen molar-refractivity contribution in [1.29, 1.82) is 0 Å². The molecule has 2 aromatic rings. The fraction of sp³-hybridized carbons (Fsp3) is 0.538. The van der Waals surface area contributed by atoms with Gasteiger partial charge in [-0.1, -0.05) is 0 Å². The maximum atomic E-state index is 14.0. The van der Waals surface area contributed by atoms with Crippen LogP contribution in [0.5, 0.6) is 0 Å². The van der Waals surface area contributed by atoms with Gasteiger partial charge in [0.25, 0.3) is 0 Å². The zero-order valence-corrected chi connectivity index (χ0v) is 11.8. The van der Waals surface area contributed by atoms with E-state index in [1.807, 2.05) is 4.90 Å². The van der Waals surface area contributed by atoms with Crippen LogP contribution in [-0.2, 0) is 6.61 Å². The Hall–Kier alpha value is -2.09. The predicted octanol–water partition coefficient (Wildman–Crippen LogP) is 0.987. The first-order valence-corrected chi connectivity index (χ1v) is 7.00. The van der Waals surface area contributed by atoms with Crippen molar-refractivity contribution in [2.24, 2.45) is 0 Å². The second-order valence-corrected chi connectivity index (χ2v) is 5.03. The number of anilines is 1. The summed E-state index contributed by atoms with van der Waals surface area (Å²) in [6, 6.07) is 0. The van der Waals surface area contributed by atoms with Crippen LogP contribution in [0.3, 0.4) is 0 Å². The summed E-state index contributed by atoms with van der Waals surface area (Å²) in [6.45, 7) is 3.15. The molecule has 1 aliphatic rings. The molecule has 0 aliphatic carbocycles. The fourth-order valence-electron chi connectivity index (χ4n) is 2.46. The molecule has 0 atom stereocenters. The lowest BCUT2D eigenvalue weighted by Crippen LogP contribution is -2.31. The van der Waals surface area contributed by atoms with Crippen LogP contribution >= 0.6 is 0 Å². The molecule has 0 aromatic carbocycles. The summed E-state index contributed by atoms with van der Waals surface area (Å²) >= 11 is 0. The molecule has 21 heavy (non-hydrogen) atoms. The van der Waals surface area contributed by atoms with Gasteiger partial charge >= 0.3 is 0 Å². The molecule has 1 N–H and O–H groups in total. The second-order valence-electron chi connectivity index (χ2n) is 5.03. The zero-order valence-electron chi connectivity index (χ0n) is 11.8. The number of rotatable bonds is 3. The Morgan fingerprint density at radius 3 is 2.67 bits per heavy atom. The standard InChI is InChI=1S/C13H17FN6O/c1-9-16-11(8-21)18-20(9)12-10(14)7-15-13(17-12)19-5-3-2-4-6-19/h7,21H,2-6,8H2,1H3. The summed E-state index contributed by atoms with van der Waals surface area (Å²) in [6.07, 6.45) is 4.54. The van der Waals surface area contributed by atoms with Crippen LogP contribution in [0.2, 0.25) is 0 Å². The van der Waals surface area contributed by atoms with Gasteiger partial charge in [-0.05, 0) is 26.2 Å². The molecule has 3 heterocycles. The van der Waals surface area contributed by atoms with E-state index in [0.717, 1.165) is 32.1 Å². The summed E-state index contributed by atoms with van der Waals surface area (Å²) in [4.78, 5) is 14.5. The van der Waals surface area contributed by atoms with Crippen molar-refractivity contribution in [3.63, 3.8) is 0 Å². The van der Waals surface area contributed by atoms with Crippen molar-refractivity contribution >= 4 is 5.95 Å². The van der Waals surface area contributed by atoms with Gasteiger partial charge in [-0.15, -0.1) is 5.10 Å². The number of piperidine rings is 1. The van der Waals surface area contributed by atoms with Gasteiger partial charge in [0.1, 0.15) is 12.4 Å². The molecule has 8 heteroatoms. The molecule has 0 unspecified atom stereocenters. The highest BCUT2D eigenvalue weighted by molar-refractivity contribution is 5.36. The first-order valence-electron chi connectivity index (χ1n) is 7.00. The minimum absolute atomic E-state index is 0.0651. The number of nitrogens with zero attached hydrogens (tertiary/aromatic N) is 6. The SMILES string of the molecule is Cc1nc(CO)nn1-c1nc(N2CCCCC2)ncc1F. The molecule has 1 aliphatic heterocycles. The van der Waals surface area contributed by atoms with Gasteiger partial charge in [0.15, 0.2) is 17.5 Å². The van der Waals surface area contributed by atoms with Crippen LogP contribution in [-0.4, -0.2) is 42.9 Å². The third-order valence-corrected chi connectivity index (χ3v) is 3.51. The van der Waals surface area contributed by atoms with Crippen molar-refractivity contribution in [3.8, 4) is 5.82 Å². The minimum atomic E-state index is -0.562. The normalized spacial score (nSPS) is 15.5. The van der Waals surface area contributed by atoms with E-state index in [2.05, 4.69) is 20.1 Å². The third-order valence-electron chi connectivity index (χ3n) is 3.51. The molecule has 1 fully saturated rings. The number of aliphatic hydroxyl groups excluding tert-OH is 1. The van der Waals surface area contributed by atoms with Gasteiger partial charge in [-0.3, -0.25) is 0 Å². The van der Waals surface area contributed by atoms with Crippen molar-refractivity contribution in [2.45, 2.75) is 32.8 Å². The third kappa shape index (κ3) is 2.71. The fourth-order valence-corrected chi connectivity index (χ4v) is 2.46. The lowest BCUT2D eigenvalue weighted by atomic mass is 10.1. The number of halogens is 1. The summed E-state index contributed by atoms with van der Waals surface area (Å²) < 4.78 is 15.3. The number of aryl methyl sites for hydroxylation is 1. The van der Waals surface area contributed by atoms with Gasteiger partial charge < -0.3 is 10.0 Å². The van der Waals surface area contributed by atoms with E-state index in [9.17, 15) is 4.39 Å². The topological polar surface area (TPSA) is 80.0 Å². The first-order chi connectivity index (χ1) is 10.2. The molecule has 0 amide bonds. The molecular formula is C13H17FN6O. The van der Waals surface area contributed by atoms with Gasteiger partial charge in [-0.2, -0.15) is 9.67 Å².